The smallest absolute Gasteiger partial charge is 0.389 e. The molecule has 0 radical (unpaired) electrons. The van der Waals surface area contributed by atoms with E-state index in [2.05, 4.69) is 20.6 Å². The Morgan fingerprint density at radius 3 is 2.66 bits per heavy atom. The van der Waals surface area contributed by atoms with Gasteiger partial charge in [-0.3, -0.25) is 0 Å². The van der Waals surface area contributed by atoms with Gasteiger partial charge in [0.1, 0.15) is 12.1 Å². The predicted octanol–water partition coefficient (Wildman–Crippen LogP) is 3.63. The van der Waals surface area contributed by atoms with Crippen molar-refractivity contribution < 1.29 is 22.7 Å². The number of nitrogens with one attached hydrogen (secondary N) is 1. The Labute approximate surface area is 165 Å². The molecule has 2 aromatic heterocycles. The fourth-order valence-electron chi connectivity index (χ4n) is 4.24. The number of alkyl halides is 3. The molecule has 5 rings (SSSR count). The zero-order valence-electron chi connectivity index (χ0n) is 15.8. The summed E-state index contributed by atoms with van der Waals surface area (Å²) in [6.07, 6.45) is 4.10. The molecule has 1 spiro atoms. The Bertz CT molecular complexity index is 945. The molecule has 2 aromatic rings. The van der Waals surface area contributed by atoms with Gasteiger partial charge in [-0.05, 0) is 32.1 Å². The second-order valence-corrected chi connectivity index (χ2v) is 8.08. The first kappa shape index (κ1) is 18.7. The molecule has 0 bridgehead atoms. The molecule has 0 aromatic carbocycles. The second-order valence-electron chi connectivity index (χ2n) is 8.08. The van der Waals surface area contributed by atoms with Gasteiger partial charge in [-0.25, -0.2) is 9.67 Å². The van der Waals surface area contributed by atoms with Crippen LogP contribution in [0.2, 0.25) is 0 Å². The summed E-state index contributed by atoms with van der Waals surface area (Å²) < 4.78 is 45.1. The molecule has 1 aliphatic carbocycles. The number of rotatable bonds is 4. The molecule has 3 aliphatic rings. The third-order valence-electron chi connectivity index (χ3n) is 5.98. The number of fused-ring (bicyclic) bond motifs is 1. The molecular weight excluding hydrogens is 387 g/mol. The molecule has 2 fully saturated rings. The molecule has 1 saturated carbocycles. The zero-order chi connectivity index (χ0) is 20.1. The first-order valence-corrected chi connectivity index (χ1v) is 9.93. The highest BCUT2D eigenvalue weighted by atomic mass is 19.4. The van der Waals surface area contributed by atoms with E-state index in [1.54, 1.807) is 6.20 Å². The van der Waals surface area contributed by atoms with E-state index < -0.39 is 12.7 Å². The lowest BCUT2D eigenvalue weighted by molar-refractivity contribution is -0.141. The number of oxime groups is 1. The van der Waals surface area contributed by atoms with E-state index in [0.29, 0.717) is 25.0 Å². The van der Waals surface area contributed by atoms with E-state index in [1.807, 2.05) is 0 Å². The van der Waals surface area contributed by atoms with Crippen LogP contribution in [-0.4, -0.2) is 51.5 Å². The molecule has 4 heterocycles. The Hall–Kier alpha value is -2.36. The van der Waals surface area contributed by atoms with E-state index in [-0.39, 0.29) is 17.3 Å². The minimum absolute atomic E-state index is 0.166. The number of anilines is 1. The van der Waals surface area contributed by atoms with Crippen LogP contribution >= 0.6 is 0 Å². The summed E-state index contributed by atoms with van der Waals surface area (Å²) in [5, 5.41) is 12.4. The van der Waals surface area contributed by atoms with Crippen molar-refractivity contribution in [1.82, 2.24) is 14.8 Å². The van der Waals surface area contributed by atoms with Crippen LogP contribution in [0.3, 0.4) is 0 Å². The van der Waals surface area contributed by atoms with Crippen LogP contribution in [0.5, 0.6) is 0 Å². The Balaban J connectivity index is 1.53. The van der Waals surface area contributed by atoms with Crippen molar-refractivity contribution in [3.63, 3.8) is 0 Å². The maximum atomic E-state index is 12.9. The number of halogens is 3. The van der Waals surface area contributed by atoms with Gasteiger partial charge in [0.05, 0.1) is 23.0 Å². The van der Waals surface area contributed by atoms with E-state index >= 15 is 0 Å². The lowest BCUT2D eigenvalue weighted by Crippen LogP contribution is -2.37. The standard InChI is InChI=1S/C19H22F3N5O2/c20-19(21,22)11-27-17-14(10-24-27)16(25-12-2-6-28-7-3-12)13(9-23-17)15-8-18(29-26-15)4-1-5-18/h9-10,12H,1-8,11H2,(H,23,25). The van der Waals surface area contributed by atoms with Gasteiger partial charge in [-0.15, -0.1) is 0 Å². The highest BCUT2D eigenvalue weighted by Gasteiger charge is 2.45. The first-order valence-electron chi connectivity index (χ1n) is 9.93. The zero-order valence-corrected chi connectivity index (χ0v) is 15.8. The normalized spacial score (nSPS) is 21.8. The van der Waals surface area contributed by atoms with Crippen LogP contribution < -0.4 is 5.32 Å². The maximum absolute atomic E-state index is 12.9. The van der Waals surface area contributed by atoms with Crippen LogP contribution in [0, 0.1) is 0 Å². The summed E-state index contributed by atoms with van der Waals surface area (Å²) in [4.78, 5) is 10.0. The van der Waals surface area contributed by atoms with Crippen molar-refractivity contribution >= 4 is 22.4 Å². The number of ether oxygens (including phenoxy) is 1. The Kier molecular flexibility index (Phi) is 4.41. The molecule has 0 unspecified atom stereocenters. The topological polar surface area (TPSA) is 73.6 Å². The van der Waals surface area contributed by atoms with E-state index in [4.69, 9.17) is 9.57 Å². The lowest BCUT2D eigenvalue weighted by atomic mass is 9.76. The molecule has 1 N–H and O–H groups in total. The predicted molar refractivity (Wildman–Crippen MR) is 99.9 cm³/mol. The molecule has 2 aliphatic heterocycles. The third-order valence-corrected chi connectivity index (χ3v) is 5.98. The summed E-state index contributed by atoms with van der Waals surface area (Å²) in [5.74, 6) is 0. The third kappa shape index (κ3) is 3.54. The van der Waals surface area contributed by atoms with Crippen molar-refractivity contribution in [2.45, 2.75) is 62.9 Å². The van der Waals surface area contributed by atoms with Crippen molar-refractivity contribution in [2.75, 3.05) is 18.5 Å². The fraction of sp³-hybridized carbons (Fsp3) is 0.632. The highest BCUT2D eigenvalue weighted by molar-refractivity contribution is 6.10. The van der Waals surface area contributed by atoms with Gasteiger partial charge in [0.15, 0.2) is 5.65 Å². The van der Waals surface area contributed by atoms with Crippen molar-refractivity contribution in [3.8, 4) is 0 Å². The van der Waals surface area contributed by atoms with E-state index in [9.17, 15) is 13.2 Å². The summed E-state index contributed by atoms with van der Waals surface area (Å²) in [6.45, 7) is 0.135. The molecule has 10 heteroatoms. The van der Waals surface area contributed by atoms with Gasteiger partial charge in [-0.2, -0.15) is 18.3 Å². The number of hydrogen-bond acceptors (Lipinski definition) is 6. The number of hydrogen-bond donors (Lipinski definition) is 1. The van der Waals surface area contributed by atoms with Gasteiger partial charge in [0.2, 0.25) is 0 Å². The summed E-state index contributed by atoms with van der Waals surface area (Å²) in [5.41, 5.74) is 2.30. The monoisotopic (exact) mass is 409 g/mol. The van der Waals surface area contributed by atoms with Crippen LogP contribution in [0.15, 0.2) is 17.5 Å². The SMILES string of the molecule is FC(F)(F)Cn1ncc2c(NC3CCOCC3)c(C3=NOC4(CCC4)C3)cnc21. The van der Waals surface area contributed by atoms with Crippen LogP contribution in [0.1, 0.15) is 44.1 Å². The highest BCUT2D eigenvalue weighted by Crippen LogP contribution is 2.44. The Morgan fingerprint density at radius 2 is 2.00 bits per heavy atom. The van der Waals surface area contributed by atoms with Gasteiger partial charge in [-0.1, -0.05) is 5.16 Å². The van der Waals surface area contributed by atoms with Gasteiger partial charge >= 0.3 is 6.18 Å². The number of pyridine rings is 1. The number of aromatic nitrogens is 3. The van der Waals surface area contributed by atoms with Crippen molar-refractivity contribution in [3.05, 3.63) is 18.0 Å². The van der Waals surface area contributed by atoms with Gasteiger partial charge < -0.3 is 14.9 Å². The van der Waals surface area contributed by atoms with Crippen molar-refractivity contribution in [1.29, 1.82) is 0 Å². The second kappa shape index (κ2) is 6.86. The van der Waals surface area contributed by atoms with Gasteiger partial charge in [0, 0.05) is 37.4 Å². The maximum Gasteiger partial charge on any atom is 0.408 e. The Morgan fingerprint density at radius 1 is 1.21 bits per heavy atom. The van der Waals surface area contributed by atoms with E-state index in [1.165, 1.54) is 6.20 Å². The first-order chi connectivity index (χ1) is 13.9. The van der Waals surface area contributed by atoms with Crippen LogP contribution in [0.25, 0.3) is 11.0 Å². The molecule has 29 heavy (non-hydrogen) atoms. The molecule has 156 valence electrons. The molecule has 7 nitrogen and oxygen atoms in total. The molecule has 0 amide bonds. The van der Waals surface area contributed by atoms with Crippen molar-refractivity contribution in [2.24, 2.45) is 5.16 Å². The molecule has 0 atom stereocenters. The minimum Gasteiger partial charge on any atom is -0.389 e. The summed E-state index contributed by atoms with van der Waals surface area (Å²) in [6, 6.07) is 0.166. The summed E-state index contributed by atoms with van der Waals surface area (Å²) >= 11 is 0. The average Bonchev–Trinajstić information content (AvgIpc) is 3.27. The molecular formula is C19H22F3N5O2. The fourth-order valence-corrected chi connectivity index (χ4v) is 4.24. The van der Waals surface area contributed by atoms with Gasteiger partial charge in [0.25, 0.3) is 0 Å². The van der Waals surface area contributed by atoms with Crippen LogP contribution in [-0.2, 0) is 16.1 Å². The number of nitrogens with zero attached hydrogens (tertiary/aromatic N) is 4. The summed E-state index contributed by atoms with van der Waals surface area (Å²) in [7, 11) is 0. The quantitative estimate of drug-likeness (QED) is 0.835. The largest absolute Gasteiger partial charge is 0.408 e. The average molecular weight is 409 g/mol. The van der Waals surface area contributed by atoms with Crippen LogP contribution in [0.4, 0.5) is 18.9 Å². The van der Waals surface area contributed by atoms with E-state index in [0.717, 1.165) is 53.7 Å². The minimum atomic E-state index is -4.37. The lowest BCUT2D eigenvalue weighted by Gasteiger charge is -2.34. The molecule has 1 saturated heterocycles.